The Bertz CT molecular complexity index is 430. The van der Waals surface area contributed by atoms with Crippen molar-refractivity contribution in [2.75, 3.05) is 5.73 Å². The summed E-state index contributed by atoms with van der Waals surface area (Å²) < 4.78 is 1.84. The molecule has 62 valence electrons. The lowest BCUT2D eigenvalue weighted by molar-refractivity contribution is 1.08. The molecule has 2 heterocycles. The molecule has 0 saturated heterocycles. The van der Waals surface area contributed by atoms with E-state index in [1.165, 1.54) is 0 Å². The van der Waals surface area contributed by atoms with Gasteiger partial charge in [-0.1, -0.05) is 0 Å². The van der Waals surface area contributed by atoms with Crippen LogP contribution in [0.4, 0.5) is 5.82 Å². The molecule has 0 atom stereocenters. The number of aryl methyl sites for hydroxylation is 2. The van der Waals surface area contributed by atoms with Gasteiger partial charge in [-0.3, -0.25) is 9.38 Å². The van der Waals surface area contributed by atoms with Crippen molar-refractivity contribution in [1.82, 2.24) is 14.4 Å². The summed E-state index contributed by atoms with van der Waals surface area (Å²) in [7, 11) is 0. The van der Waals surface area contributed by atoms with Crippen LogP contribution in [0.15, 0.2) is 12.4 Å². The Kier molecular flexibility index (Phi) is 1.30. The summed E-state index contributed by atoms with van der Waals surface area (Å²) in [6.07, 6.45) is 3.54. The highest BCUT2D eigenvalue weighted by molar-refractivity contribution is 5.54. The number of hydrogen-bond acceptors (Lipinski definition) is 3. The van der Waals surface area contributed by atoms with Crippen LogP contribution < -0.4 is 5.73 Å². The molecule has 4 nitrogen and oxygen atoms in total. The van der Waals surface area contributed by atoms with Gasteiger partial charge >= 0.3 is 0 Å². The number of nitrogen functional groups attached to an aromatic ring is 1. The minimum Gasteiger partial charge on any atom is -0.383 e. The number of rotatable bonds is 0. The van der Waals surface area contributed by atoms with Gasteiger partial charge in [0.1, 0.15) is 5.82 Å². The second-order valence-electron chi connectivity index (χ2n) is 2.79. The first kappa shape index (κ1) is 7.09. The molecule has 0 radical (unpaired) electrons. The molecule has 2 N–H and O–H groups in total. The van der Waals surface area contributed by atoms with Gasteiger partial charge < -0.3 is 5.73 Å². The second-order valence-corrected chi connectivity index (χ2v) is 2.79. The molecular formula is C8H10N4. The van der Waals surface area contributed by atoms with Crippen LogP contribution in [0.3, 0.4) is 0 Å². The Morgan fingerprint density at radius 1 is 1.33 bits per heavy atom. The molecule has 12 heavy (non-hydrogen) atoms. The number of hydrogen-bond donors (Lipinski definition) is 1. The van der Waals surface area contributed by atoms with E-state index in [-0.39, 0.29) is 0 Å². The first-order chi connectivity index (χ1) is 5.70. The summed E-state index contributed by atoms with van der Waals surface area (Å²) in [5, 5.41) is 0. The highest BCUT2D eigenvalue weighted by Crippen LogP contribution is 2.14. The van der Waals surface area contributed by atoms with E-state index in [1.807, 2.05) is 24.4 Å². The van der Waals surface area contributed by atoms with Gasteiger partial charge in [0.25, 0.3) is 0 Å². The largest absolute Gasteiger partial charge is 0.383 e. The molecule has 0 aliphatic rings. The Hall–Kier alpha value is -1.58. The van der Waals surface area contributed by atoms with E-state index in [0.717, 1.165) is 17.0 Å². The number of aromatic nitrogens is 3. The maximum absolute atomic E-state index is 5.78. The summed E-state index contributed by atoms with van der Waals surface area (Å²) in [6, 6.07) is 0. The molecule has 0 bridgehead atoms. The average Bonchev–Trinajstić information content (AvgIpc) is 2.32. The van der Waals surface area contributed by atoms with E-state index in [0.29, 0.717) is 5.82 Å². The number of nitrogens with two attached hydrogens (primary N) is 1. The third-order valence-electron chi connectivity index (χ3n) is 1.94. The van der Waals surface area contributed by atoms with Gasteiger partial charge in [-0.2, -0.15) is 0 Å². The van der Waals surface area contributed by atoms with E-state index in [1.54, 1.807) is 6.20 Å². The summed E-state index contributed by atoms with van der Waals surface area (Å²) in [5.74, 6) is 0.690. The van der Waals surface area contributed by atoms with E-state index in [2.05, 4.69) is 9.97 Å². The Labute approximate surface area is 70.1 Å². The fourth-order valence-electron chi connectivity index (χ4n) is 1.23. The molecule has 0 spiro atoms. The summed E-state index contributed by atoms with van der Waals surface area (Å²) >= 11 is 0. The van der Waals surface area contributed by atoms with Crippen molar-refractivity contribution >= 4 is 11.5 Å². The highest BCUT2D eigenvalue weighted by Gasteiger charge is 2.05. The van der Waals surface area contributed by atoms with Crippen LogP contribution in [0.25, 0.3) is 5.65 Å². The van der Waals surface area contributed by atoms with E-state index >= 15 is 0 Å². The predicted octanol–water partition coefficient (Wildman–Crippen LogP) is 0.928. The van der Waals surface area contributed by atoms with Crippen LogP contribution in [0, 0.1) is 13.8 Å². The Balaban J connectivity index is 2.95. The first-order valence-corrected chi connectivity index (χ1v) is 3.76. The van der Waals surface area contributed by atoms with Crippen LogP contribution in [-0.2, 0) is 0 Å². The lowest BCUT2D eigenvalue weighted by atomic mass is 10.5. The Morgan fingerprint density at radius 2 is 2.08 bits per heavy atom. The van der Waals surface area contributed by atoms with Gasteiger partial charge in [0.2, 0.25) is 0 Å². The van der Waals surface area contributed by atoms with Crippen LogP contribution in [0.2, 0.25) is 0 Å². The lowest BCUT2D eigenvalue weighted by Gasteiger charge is -1.96. The average molecular weight is 162 g/mol. The summed E-state index contributed by atoms with van der Waals surface area (Å²) in [4.78, 5) is 8.41. The van der Waals surface area contributed by atoms with Crippen molar-refractivity contribution in [1.29, 1.82) is 0 Å². The van der Waals surface area contributed by atoms with Crippen LogP contribution in [0.5, 0.6) is 0 Å². The molecular weight excluding hydrogens is 152 g/mol. The van der Waals surface area contributed by atoms with Crippen molar-refractivity contribution < 1.29 is 0 Å². The number of fused-ring (bicyclic) bond motifs is 1. The molecule has 0 amide bonds. The summed E-state index contributed by atoms with van der Waals surface area (Å²) in [6.45, 7) is 3.81. The van der Waals surface area contributed by atoms with E-state index in [4.69, 9.17) is 5.73 Å². The summed E-state index contributed by atoms with van der Waals surface area (Å²) in [5.41, 5.74) is 8.37. The third kappa shape index (κ3) is 0.777. The topological polar surface area (TPSA) is 56.2 Å². The maximum atomic E-state index is 5.78. The minimum atomic E-state index is 0.690. The molecule has 2 rings (SSSR count). The molecule has 0 aliphatic heterocycles. The van der Waals surface area contributed by atoms with Crippen LogP contribution >= 0.6 is 0 Å². The molecule has 2 aromatic rings. The van der Waals surface area contributed by atoms with E-state index in [9.17, 15) is 0 Å². The molecule has 0 unspecified atom stereocenters. The van der Waals surface area contributed by atoms with Gasteiger partial charge in [0.15, 0.2) is 5.65 Å². The van der Waals surface area contributed by atoms with Gasteiger partial charge in [-0.15, -0.1) is 0 Å². The molecule has 0 aliphatic carbocycles. The predicted molar refractivity (Wildman–Crippen MR) is 46.9 cm³/mol. The van der Waals surface area contributed by atoms with Crippen molar-refractivity contribution in [3.8, 4) is 0 Å². The van der Waals surface area contributed by atoms with Gasteiger partial charge in [-0.05, 0) is 13.8 Å². The van der Waals surface area contributed by atoms with Crippen molar-refractivity contribution in [2.45, 2.75) is 13.8 Å². The number of imidazole rings is 1. The maximum Gasteiger partial charge on any atom is 0.160 e. The van der Waals surface area contributed by atoms with Crippen molar-refractivity contribution in [3.63, 3.8) is 0 Å². The van der Waals surface area contributed by atoms with Crippen molar-refractivity contribution in [3.05, 3.63) is 23.8 Å². The second kappa shape index (κ2) is 2.20. The van der Waals surface area contributed by atoms with Gasteiger partial charge in [0.05, 0.1) is 11.4 Å². The van der Waals surface area contributed by atoms with Gasteiger partial charge in [0, 0.05) is 12.4 Å². The molecule has 4 heteroatoms. The van der Waals surface area contributed by atoms with Crippen molar-refractivity contribution in [2.24, 2.45) is 0 Å². The fourth-order valence-corrected chi connectivity index (χ4v) is 1.23. The van der Waals surface area contributed by atoms with E-state index < -0.39 is 0 Å². The monoisotopic (exact) mass is 162 g/mol. The minimum absolute atomic E-state index is 0.690. The quantitative estimate of drug-likeness (QED) is 0.627. The normalized spacial score (nSPS) is 10.8. The van der Waals surface area contributed by atoms with Gasteiger partial charge in [-0.25, -0.2) is 4.98 Å². The molecule has 2 aromatic heterocycles. The van der Waals surface area contributed by atoms with Crippen LogP contribution in [0.1, 0.15) is 11.4 Å². The first-order valence-electron chi connectivity index (χ1n) is 3.76. The zero-order valence-electron chi connectivity index (χ0n) is 7.07. The number of anilines is 1. The third-order valence-corrected chi connectivity index (χ3v) is 1.94. The lowest BCUT2D eigenvalue weighted by Crippen LogP contribution is -1.95. The standard InChI is InChI=1S/C8H10N4/c1-5-7(9)12-4-3-10-6(2)8(12)11-5/h3-4H,9H2,1-2H3. The fraction of sp³-hybridized carbons (Fsp3) is 0.250. The smallest absolute Gasteiger partial charge is 0.160 e. The SMILES string of the molecule is Cc1nc2c(C)nccn2c1N. The van der Waals surface area contributed by atoms with Crippen LogP contribution in [-0.4, -0.2) is 14.4 Å². The molecule has 0 fully saturated rings. The molecule has 0 aromatic carbocycles. The highest BCUT2D eigenvalue weighted by atomic mass is 15.1. The Morgan fingerprint density at radius 3 is 2.75 bits per heavy atom. The number of nitrogens with zero attached hydrogens (tertiary/aromatic N) is 3. The zero-order valence-corrected chi connectivity index (χ0v) is 7.07. The molecule has 0 saturated carbocycles. The zero-order chi connectivity index (χ0) is 8.72.